The number of ether oxygens (including phenoxy) is 1. The summed E-state index contributed by atoms with van der Waals surface area (Å²) in [5.41, 5.74) is 5.40. The van der Waals surface area contributed by atoms with Crippen molar-refractivity contribution in [3.63, 3.8) is 0 Å². The van der Waals surface area contributed by atoms with Crippen LogP contribution in [-0.4, -0.2) is 18.4 Å². The maximum absolute atomic E-state index is 12.0. The minimum absolute atomic E-state index is 0.154. The first kappa shape index (κ1) is 21.0. The van der Waals surface area contributed by atoms with Crippen molar-refractivity contribution < 1.29 is 14.3 Å². The van der Waals surface area contributed by atoms with E-state index in [9.17, 15) is 9.59 Å². The van der Waals surface area contributed by atoms with Crippen LogP contribution in [0.15, 0.2) is 24.3 Å². The van der Waals surface area contributed by atoms with Crippen LogP contribution in [0.4, 0.5) is 0 Å². The fraction of sp³-hybridized carbons (Fsp3) is 0.600. The molecule has 140 valence electrons. The van der Waals surface area contributed by atoms with Crippen molar-refractivity contribution in [3.8, 4) is 5.75 Å². The first-order chi connectivity index (χ1) is 12.0. The van der Waals surface area contributed by atoms with E-state index in [0.717, 1.165) is 31.4 Å². The lowest BCUT2D eigenvalue weighted by molar-refractivity contribution is -0.122. The van der Waals surface area contributed by atoms with Crippen molar-refractivity contribution >= 4 is 11.8 Å². The lowest BCUT2D eigenvalue weighted by atomic mass is 10.1. The maximum Gasteiger partial charge on any atom is 0.269 e. The third-order valence-electron chi connectivity index (χ3n) is 3.90. The summed E-state index contributed by atoms with van der Waals surface area (Å²) in [4.78, 5) is 23.7. The van der Waals surface area contributed by atoms with E-state index in [1.807, 2.05) is 0 Å². The molecule has 0 aliphatic heterocycles. The molecule has 5 nitrogen and oxygen atoms in total. The summed E-state index contributed by atoms with van der Waals surface area (Å²) < 4.78 is 5.62. The van der Waals surface area contributed by atoms with E-state index in [1.54, 1.807) is 24.3 Å². The third kappa shape index (κ3) is 9.75. The summed E-state index contributed by atoms with van der Waals surface area (Å²) in [7, 11) is 0. The Balaban J connectivity index is 2.26. The highest BCUT2D eigenvalue weighted by atomic mass is 16.5. The normalized spacial score (nSPS) is 10.6. The van der Waals surface area contributed by atoms with Gasteiger partial charge < -0.3 is 4.74 Å². The van der Waals surface area contributed by atoms with Crippen LogP contribution < -0.4 is 15.6 Å². The number of amides is 2. The van der Waals surface area contributed by atoms with Gasteiger partial charge in [0.25, 0.3) is 5.91 Å². The molecule has 0 aliphatic carbocycles. The summed E-state index contributed by atoms with van der Waals surface area (Å²) in [5.74, 6) is 0.861. The average molecular weight is 348 g/mol. The van der Waals surface area contributed by atoms with E-state index in [1.165, 1.54) is 12.8 Å². The van der Waals surface area contributed by atoms with Crippen LogP contribution in [-0.2, 0) is 4.79 Å². The van der Waals surface area contributed by atoms with Crippen molar-refractivity contribution in [1.29, 1.82) is 0 Å². The van der Waals surface area contributed by atoms with Gasteiger partial charge in [-0.3, -0.25) is 20.4 Å². The Morgan fingerprint density at radius 3 is 2.32 bits per heavy atom. The van der Waals surface area contributed by atoms with Crippen molar-refractivity contribution in [2.75, 3.05) is 6.61 Å². The molecule has 1 aromatic carbocycles. The van der Waals surface area contributed by atoms with Gasteiger partial charge in [0.1, 0.15) is 5.75 Å². The summed E-state index contributed by atoms with van der Waals surface area (Å²) in [6, 6.07) is 6.92. The van der Waals surface area contributed by atoms with Crippen LogP contribution in [0.3, 0.4) is 0 Å². The summed E-state index contributed by atoms with van der Waals surface area (Å²) >= 11 is 0. The monoisotopic (exact) mass is 348 g/mol. The van der Waals surface area contributed by atoms with Gasteiger partial charge in [0.15, 0.2) is 0 Å². The van der Waals surface area contributed by atoms with Gasteiger partial charge in [-0.05, 0) is 43.0 Å². The summed E-state index contributed by atoms with van der Waals surface area (Å²) in [6.45, 7) is 7.12. The van der Waals surface area contributed by atoms with Crippen LogP contribution in [0, 0.1) is 5.92 Å². The Bertz CT molecular complexity index is 512. The largest absolute Gasteiger partial charge is 0.494 e. The fourth-order valence-electron chi connectivity index (χ4n) is 2.27. The van der Waals surface area contributed by atoms with E-state index < -0.39 is 0 Å². The maximum atomic E-state index is 12.0. The highest BCUT2D eigenvalue weighted by Gasteiger charge is 2.07. The van der Waals surface area contributed by atoms with Crippen LogP contribution >= 0.6 is 0 Å². The van der Waals surface area contributed by atoms with Gasteiger partial charge in [-0.25, -0.2) is 0 Å². The van der Waals surface area contributed by atoms with Gasteiger partial charge in [0.05, 0.1) is 6.61 Å². The molecule has 0 atom stereocenters. The molecule has 0 aromatic heterocycles. The Labute approximate surface area is 151 Å². The van der Waals surface area contributed by atoms with Crippen LogP contribution in [0.2, 0.25) is 0 Å². The summed E-state index contributed by atoms with van der Waals surface area (Å²) in [6.07, 6.45) is 6.87. The lowest BCUT2D eigenvalue weighted by Gasteiger charge is -2.10. The molecule has 0 saturated heterocycles. The summed E-state index contributed by atoms with van der Waals surface area (Å²) in [5, 5.41) is 0. The van der Waals surface area contributed by atoms with E-state index in [4.69, 9.17) is 4.74 Å². The quantitative estimate of drug-likeness (QED) is 0.464. The molecule has 2 N–H and O–H groups in total. The molecule has 1 rings (SSSR count). The second kappa shape index (κ2) is 12.3. The zero-order valence-electron chi connectivity index (χ0n) is 15.8. The number of rotatable bonds is 11. The molecule has 5 heteroatoms. The van der Waals surface area contributed by atoms with Crippen molar-refractivity contribution in [3.05, 3.63) is 29.8 Å². The molecule has 25 heavy (non-hydrogen) atoms. The average Bonchev–Trinajstić information content (AvgIpc) is 2.60. The lowest BCUT2D eigenvalue weighted by Crippen LogP contribution is -2.41. The molecule has 0 aliphatic rings. The fourth-order valence-corrected chi connectivity index (χ4v) is 2.27. The molecular weight excluding hydrogens is 316 g/mol. The first-order valence-electron chi connectivity index (χ1n) is 9.35. The topological polar surface area (TPSA) is 67.4 Å². The molecule has 0 unspecified atom stereocenters. The number of hydrazine groups is 1. The van der Waals surface area contributed by atoms with E-state index in [0.29, 0.717) is 24.5 Å². The predicted molar refractivity (Wildman–Crippen MR) is 100 cm³/mol. The van der Waals surface area contributed by atoms with Gasteiger partial charge in [-0.15, -0.1) is 0 Å². The van der Waals surface area contributed by atoms with Gasteiger partial charge in [0.2, 0.25) is 5.91 Å². The van der Waals surface area contributed by atoms with E-state index >= 15 is 0 Å². The van der Waals surface area contributed by atoms with Crippen LogP contribution in [0.5, 0.6) is 5.75 Å². The highest BCUT2D eigenvalue weighted by Crippen LogP contribution is 2.13. The number of benzene rings is 1. The number of hydrogen-bond acceptors (Lipinski definition) is 3. The van der Waals surface area contributed by atoms with E-state index in [-0.39, 0.29) is 11.8 Å². The van der Waals surface area contributed by atoms with Crippen molar-refractivity contribution in [1.82, 2.24) is 10.9 Å². The Morgan fingerprint density at radius 1 is 1.00 bits per heavy atom. The SMILES string of the molecule is CCCCCCCC(=O)NNC(=O)c1ccc(OCCC(C)C)cc1. The van der Waals surface area contributed by atoms with Gasteiger partial charge in [0, 0.05) is 12.0 Å². The minimum atomic E-state index is -0.326. The number of hydrogen-bond donors (Lipinski definition) is 2. The number of carbonyl (C=O) groups excluding carboxylic acids is 2. The second-order valence-electron chi connectivity index (χ2n) is 6.72. The Kier molecular flexibility index (Phi) is 10.4. The molecule has 0 fully saturated rings. The third-order valence-corrected chi connectivity index (χ3v) is 3.90. The van der Waals surface area contributed by atoms with Crippen LogP contribution in [0.25, 0.3) is 0 Å². The number of carbonyl (C=O) groups is 2. The first-order valence-corrected chi connectivity index (χ1v) is 9.35. The molecule has 0 saturated carbocycles. The highest BCUT2D eigenvalue weighted by molar-refractivity contribution is 5.95. The van der Waals surface area contributed by atoms with E-state index in [2.05, 4.69) is 31.6 Å². The smallest absolute Gasteiger partial charge is 0.269 e. The zero-order chi connectivity index (χ0) is 18.5. The van der Waals surface area contributed by atoms with Crippen molar-refractivity contribution in [2.24, 2.45) is 5.92 Å². The number of unbranched alkanes of at least 4 members (excludes halogenated alkanes) is 4. The molecule has 1 aromatic rings. The Hall–Kier alpha value is -2.04. The molecule has 2 amide bonds. The van der Waals surface area contributed by atoms with Crippen LogP contribution in [0.1, 0.15) is 76.1 Å². The van der Waals surface area contributed by atoms with Gasteiger partial charge in [-0.2, -0.15) is 0 Å². The van der Waals surface area contributed by atoms with Gasteiger partial charge >= 0.3 is 0 Å². The molecule has 0 spiro atoms. The minimum Gasteiger partial charge on any atom is -0.494 e. The molecule has 0 bridgehead atoms. The molecular formula is C20H32N2O3. The molecule has 0 heterocycles. The number of nitrogens with one attached hydrogen (secondary N) is 2. The van der Waals surface area contributed by atoms with Gasteiger partial charge in [-0.1, -0.05) is 46.5 Å². The Morgan fingerprint density at radius 2 is 1.68 bits per heavy atom. The van der Waals surface area contributed by atoms with Crippen molar-refractivity contribution in [2.45, 2.75) is 65.7 Å². The standard InChI is InChI=1S/C20H32N2O3/c1-4-5-6-7-8-9-19(23)21-22-20(24)17-10-12-18(13-11-17)25-15-14-16(2)3/h10-13,16H,4-9,14-15H2,1-3H3,(H,21,23)(H,22,24). The predicted octanol–water partition coefficient (Wildman–Crippen LogP) is 4.23. The second-order valence-corrected chi connectivity index (χ2v) is 6.72. The molecule has 0 radical (unpaired) electrons. The zero-order valence-corrected chi connectivity index (χ0v) is 15.8.